The molecule has 0 aliphatic heterocycles. The first-order chi connectivity index (χ1) is 8.64. The standard InChI is InChI=1S/C14H16ClN3/c1-14(10-16,11-5-3-2-4-6-11)18-13-8-7-12(15)9-17-13/h2-9H,10,16H2,1H3,(H,17,18). The Morgan fingerprint density at radius 3 is 2.50 bits per heavy atom. The van der Waals surface area contributed by atoms with E-state index in [-0.39, 0.29) is 5.54 Å². The van der Waals surface area contributed by atoms with Crippen LogP contribution in [0.2, 0.25) is 5.02 Å². The van der Waals surface area contributed by atoms with Crippen molar-refractivity contribution in [1.82, 2.24) is 4.98 Å². The molecule has 2 rings (SSSR count). The van der Waals surface area contributed by atoms with Gasteiger partial charge in [0.15, 0.2) is 0 Å². The maximum absolute atomic E-state index is 5.90. The smallest absolute Gasteiger partial charge is 0.126 e. The Bertz CT molecular complexity index is 498. The van der Waals surface area contributed by atoms with Gasteiger partial charge in [-0.15, -0.1) is 0 Å². The Morgan fingerprint density at radius 1 is 1.22 bits per heavy atom. The van der Waals surface area contributed by atoms with Crippen LogP contribution in [0.3, 0.4) is 0 Å². The molecule has 0 bridgehead atoms. The lowest BCUT2D eigenvalue weighted by Crippen LogP contribution is -2.39. The van der Waals surface area contributed by atoms with Crippen molar-refractivity contribution in [1.29, 1.82) is 0 Å². The summed E-state index contributed by atoms with van der Waals surface area (Å²) < 4.78 is 0. The van der Waals surface area contributed by atoms with E-state index in [1.807, 2.05) is 24.3 Å². The summed E-state index contributed by atoms with van der Waals surface area (Å²) in [6, 6.07) is 13.7. The van der Waals surface area contributed by atoms with Crippen LogP contribution in [0.4, 0.5) is 5.82 Å². The van der Waals surface area contributed by atoms with Gasteiger partial charge in [0.1, 0.15) is 5.82 Å². The fraction of sp³-hybridized carbons (Fsp3) is 0.214. The van der Waals surface area contributed by atoms with Crippen molar-refractivity contribution < 1.29 is 0 Å². The van der Waals surface area contributed by atoms with Crippen LogP contribution in [0.25, 0.3) is 0 Å². The molecule has 1 unspecified atom stereocenters. The summed E-state index contributed by atoms with van der Waals surface area (Å²) in [7, 11) is 0. The van der Waals surface area contributed by atoms with Crippen LogP contribution in [0.1, 0.15) is 12.5 Å². The van der Waals surface area contributed by atoms with Gasteiger partial charge < -0.3 is 11.1 Å². The molecule has 0 spiro atoms. The SMILES string of the molecule is CC(CN)(Nc1ccc(Cl)cn1)c1ccccc1. The summed E-state index contributed by atoms with van der Waals surface area (Å²) >= 11 is 5.82. The maximum Gasteiger partial charge on any atom is 0.126 e. The number of rotatable bonds is 4. The number of hydrogen-bond donors (Lipinski definition) is 2. The van der Waals surface area contributed by atoms with Crippen LogP contribution in [0.15, 0.2) is 48.7 Å². The van der Waals surface area contributed by atoms with Gasteiger partial charge in [0.25, 0.3) is 0 Å². The predicted octanol–water partition coefficient (Wildman–Crippen LogP) is 3.02. The predicted molar refractivity (Wildman–Crippen MR) is 75.7 cm³/mol. The van der Waals surface area contributed by atoms with Crippen LogP contribution in [-0.2, 0) is 5.54 Å². The van der Waals surface area contributed by atoms with E-state index in [0.29, 0.717) is 11.6 Å². The lowest BCUT2D eigenvalue weighted by molar-refractivity contribution is 0.554. The molecule has 0 radical (unpaired) electrons. The molecule has 4 heteroatoms. The van der Waals surface area contributed by atoms with E-state index >= 15 is 0 Å². The van der Waals surface area contributed by atoms with Crippen LogP contribution < -0.4 is 11.1 Å². The normalized spacial score (nSPS) is 13.9. The lowest BCUT2D eigenvalue weighted by Gasteiger charge is -2.30. The van der Waals surface area contributed by atoms with Gasteiger partial charge in [-0.05, 0) is 24.6 Å². The van der Waals surface area contributed by atoms with E-state index < -0.39 is 0 Å². The zero-order chi connectivity index (χ0) is 13.0. The average molecular weight is 262 g/mol. The summed E-state index contributed by atoms with van der Waals surface area (Å²) in [6.45, 7) is 2.53. The number of nitrogens with one attached hydrogen (secondary N) is 1. The van der Waals surface area contributed by atoms with Gasteiger partial charge in [0.2, 0.25) is 0 Å². The Kier molecular flexibility index (Phi) is 3.84. The van der Waals surface area contributed by atoms with E-state index in [0.717, 1.165) is 11.4 Å². The molecule has 0 aliphatic carbocycles. The Labute approximate surface area is 112 Å². The molecule has 94 valence electrons. The topological polar surface area (TPSA) is 50.9 Å². The number of pyridine rings is 1. The summed E-state index contributed by atoms with van der Waals surface area (Å²) in [6.07, 6.45) is 1.62. The van der Waals surface area contributed by atoms with E-state index in [1.54, 1.807) is 12.3 Å². The van der Waals surface area contributed by atoms with E-state index in [2.05, 4.69) is 29.4 Å². The maximum atomic E-state index is 5.90. The first-order valence-corrected chi connectivity index (χ1v) is 6.17. The van der Waals surface area contributed by atoms with Gasteiger partial charge in [-0.3, -0.25) is 0 Å². The van der Waals surface area contributed by atoms with Crippen LogP contribution in [0.5, 0.6) is 0 Å². The summed E-state index contributed by atoms with van der Waals surface area (Å²) in [5.74, 6) is 0.760. The van der Waals surface area contributed by atoms with Crippen LogP contribution in [-0.4, -0.2) is 11.5 Å². The summed E-state index contributed by atoms with van der Waals surface area (Å²) in [5, 5.41) is 3.97. The number of nitrogens with two attached hydrogens (primary N) is 1. The fourth-order valence-corrected chi connectivity index (χ4v) is 1.89. The van der Waals surface area contributed by atoms with Gasteiger partial charge in [-0.25, -0.2) is 4.98 Å². The molecule has 1 heterocycles. The zero-order valence-electron chi connectivity index (χ0n) is 10.2. The minimum Gasteiger partial charge on any atom is -0.360 e. The molecular weight excluding hydrogens is 246 g/mol. The highest BCUT2D eigenvalue weighted by molar-refractivity contribution is 6.30. The summed E-state index contributed by atoms with van der Waals surface area (Å²) in [5.41, 5.74) is 6.68. The second-order valence-electron chi connectivity index (χ2n) is 4.39. The third-order valence-corrected chi connectivity index (χ3v) is 3.17. The molecule has 2 aromatic rings. The zero-order valence-corrected chi connectivity index (χ0v) is 11.0. The van der Waals surface area contributed by atoms with E-state index in [9.17, 15) is 0 Å². The highest BCUT2D eigenvalue weighted by Crippen LogP contribution is 2.24. The van der Waals surface area contributed by atoms with Crippen molar-refractivity contribution in [3.63, 3.8) is 0 Å². The molecule has 3 N–H and O–H groups in total. The van der Waals surface area contributed by atoms with Gasteiger partial charge in [-0.1, -0.05) is 41.9 Å². The van der Waals surface area contributed by atoms with Gasteiger partial charge >= 0.3 is 0 Å². The highest BCUT2D eigenvalue weighted by atomic mass is 35.5. The average Bonchev–Trinajstić information content (AvgIpc) is 2.42. The van der Waals surface area contributed by atoms with Crippen molar-refractivity contribution in [2.45, 2.75) is 12.5 Å². The molecule has 0 fully saturated rings. The van der Waals surface area contributed by atoms with Crippen LogP contribution >= 0.6 is 11.6 Å². The molecule has 1 aromatic carbocycles. The molecule has 0 aliphatic rings. The number of hydrogen-bond acceptors (Lipinski definition) is 3. The molecule has 0 saturated carbocycles. The molecule has 0 saturated heterocycles. The molecule has 18 heavy (non-hydrogen) atoms. The second-order valence-corrected chi connectivity index (χ2v) is 4.83. The summed E-state index contributed by atoms with van der Waals surface area (Å²) in [4.78, 5) is 4.24. The third-order valence-electron chi connectivity index (χ3n) is 2.95. The van der Waals surface area contributed by atoms with Crippen molar-refractivity contribution in [3.05, 3.63) is 59.2 Å². The molecule has 0 amide bonds. The lowest BCUT2D eigenvalue weighted by atomic mass is 9.92. The van der Waals surface area contributed by atoms with Crippen molar-refractivity contribution in [2.75, 3.05) is 11.9 Å². The van der Waals surface area contributed by atoms with Crippen molar-refractivity contribution in [2.24, 2.45) is 5.73 Å². The van der Waals surface area contributed by atoms with Crippen LogP contribution in [0, 0.1) is 0 Å². The van der Waals surface area contributed by atoms with Gasteiger partial charge in [-0.2, -0.15) is 0 Å². The second kappa shape index (κ2) is 5.38. The van der Waals surface area contributed by atoms with E-state index in [1.165, 1.54) is 0 Å². The minimum atomic E-state index is -0.345. The number of anilines is 1. The number of halogens is 1. The van der Waals surface area contributed by atoms with Gasteiger partial charge in [0, 0.05) is 12.7 Å². The first-order valence-electron chi connectivity index (χ1n) is 5.79. The largest absolute Gasteiger partial charge is 0.360 e. The molecule has 3 nitrogen and oxygen atoms in total. The Hall–Kier alpha value is -1.58. The molecular formula is C14H16ClN3. The van der Waals surface area contributed by atoms with Crippen molar-refractivity contribution >= 4 is 17.4 Å². The number of nitrogens with zero attached hydrogens (tertiary/aromatic N) is 1. The monoisotopic (exact) mass is 261 g/mol. The van der Waals surface area contributed by atoms with E-state index in [4.69, 9.17) is 17.3 Å². The fourth-order valence-electron chi connectivity index (χ4n) is 1.78. The highest BCUT2D eigenvalue weighted by Gasteiger charge is 2.24. The third kappa shape index (κ3) is 2.81. The van der Waals surface area contributed by atoms with Crippen molar-refractivity contribution in [3.8, 4) is 0 Å². The first kappa shape index (κ1) is 12.9. The molecule has 1 atom stereocenters. The Balaban J connectivity index is 2.26. The quantitative estimate of drug-likeness (QED) is 0.890. The molecule has 1 aromatic heterocycles. The number of aromatic nitrogens is 1. The number of benzene rings is 1. The minimum absolute atomic E-state index is 0.345. The Morgan fingerprint density at radius 2 is 1.94 bits per heavy atom. The van der Waals surface area contributed by atoms with Gasteiger partial charge in [0.05, 0.1) is 10.6 Å².